The molecule has 1 aliphatic rings. The van der Waals surface area contributed by atoms with Crippen molar-refractivity contribution in [2.24, 2.45) is 17.4 Å². The van der Waals surface area contributed by atoms with Gasteiger partial charge in [0.05, 0.1) is 5.54 Å². The molecule has 2 unspecified atom stereocenters. The predicted molar refractivity (Wildman–Crippen MR) is 75.0 cm³/mol. The summed E-state index contributed by atoms with van der Waals surface area (Å²) in [6, 6.07) is 0.908. The average molecular weight is 255 g/mol. The van der Waals surface area contributed by atoms with Gasteiger partial charge in [-0.25, -0.2) is 0 Å². The first-order valence-electron chi connectivity index (χ1n) is 7.04. The summed E-state index contributed by atoms with van der Waals surface area (Å²) in [6.07, 6.45) is 5.72. The first-order chi connectivity index (χ1) is 8.24. The zero-order chi connectivity index (χ0) is 13.9. The third-order valence-corrected chi connectivity index (χ3v) is 4.54. The van der Waals surface area contributed by atoms with Crippen molar-refractivity contribution in [2.45, 2.75) is 70.5 Å². The molecule has 18 heavy (non-hydrogen) atoms. The molecule has 0 radical (unpaired) electrons. The van der Waals surface area contributed by atoms with Gasteiger partial charge in [-0.05, 0) is 58.9 Å². The molecule has 1 fully saturated rings. The number of hydrogen-bond acceptors (Lipinski definition) is 3. The molecule has 0 aromatic heterocycles. The zero-order valence-electron chi connectivity index (χ0n) is 12.3. The number of hydrogen-bond donors (Lipinski definition) is 2. The van der Waals surface area contributed by atoms with Gasteiger partial charge in [0.25, 0.3) is 0 Å². The van der Waals surface area contributed by atoms with E-state index in [9.17, 15) is 4.79 Å². The lowest BCUT2D eigenvalue weighted by Crippen LogP contribution is -2.54. The molecule has 0 spiro atoms. The Balaban J connectivity index is 2.51. The van der Waals surface area contributed by atoms with E-state index in [1.54, 1.807) is 6.92 Å². The predicted octanol–water partition coefficient (Wildman–Crippen LogP) is 1.48. The van der Waals surface area contributed by atoms with Crippen molar-refractivity contribution in [3.63, 3.8) is 0 Å². The highest BCUT2D eigenvalue weighted by Crippen LogP contribution is 2.28. The topological polar surface area (TPSA) is 72.3 Å². The summed E-state index contributed by atoms with van der Waals surface area (Å²) >= 11 is 0. The van der Waals surface area contributed by atoms with Crippen LogP contribution in [0.25, 0.3) is 0 Å². The highest BCUT2D eigenvalue weighted by atomic mass is 16.1. The van der Waals surface area contributed by atoms with Gasteiger partial charge in [-0.2, -0.15) is 0 Å². The Kier molecular flexibility index (Phi) is 5.17. The Hall–Kier alpha value is -0.610. The SMILES string of the molecule is CC1CCC(N(C)C(C)CC(C)(N)C(N)=O)CC1. The largest absolute Gasteiger partial charge is 0.368 e. The monoisotopic (exact) mass is 255 g/mol. The van der Waals surface area contributed by atoms with E-state index in [1.165, 1.54) is 25.7 Å². The summed E-state index contributed by atoms with van der Waals surface area (Å²) in [7, 11) is 2.14. The lowest BCUT2D eigenvalue weighted by atomic mass is 9.85. The number of nitrogens with two attached hydrogens (primary N) is 2. The van der Waals surface area contributed by atoms with E-state index in [1.807, 2.05) is 0 Å². The van der Waals surface area contributed by atoms with E-state index in [4.69, 9.17) is 11.5 Å². The summed E-state index contributed by atoms with van der Waals surface area (Å²) in [5, 5.41) is 0. The van der Waals surface area contributed by atoms with Crippen molar-refractivity contribution >= 4 is 5.91 Å². The molecule has 2 atom stereocenters. The Morgan fingerprint density at radius 2 is 1.89 bits per heavy atom. The summed E-state index contributed by atoms with van der Waals surface area (Å²) in [4.78, 5) is 13.7. The third-order valence-electron chi connectivity index (χ3n) is 4.54. The van der Waals surface area contributed by atoms with Gasteiger partial charge in [-0.1, -0.05) is 6.92 Å². The minimum Gasteiger partial charge on any atom is -0.368 e. The molecule has 0 heterocycles. The maximum Gasteiger partial charge on any atom is 0.237 e. The van der Waals surface area contributed by atoms with Crippen LogP contribution < -0.4 is 11.5 Å². The van der Waals surface area contributed by atoms with Crippen molar-refractivity contribution in [2.75, 3.05) is 7.05 Å². The van der Waals surface area contributed by atoms with Gasteiger partial charge in [-0.15, -0.1) is 0 Å². The second-order valence-corrected chi connectivity index (χ2v) is 6.41. The average Bonchev–Trinajstić information content (AvgIpc) is 2.28. The number of carbonyl (C=O) groups excluding carboxylic acids is 1. The normalized spacial score (nSPS) is 29.9. The van der Waals surface area contributed by atoms with Crippen LogP contribution in [0.1, 0.15) is 52.9 Å². The fraction of sp³-hybridized carbons (Fsp3) is 0.929. The lowest BCUT2D eigenvalue weighted by molar-refractivity contribution is -0.123. The van der Waals surface area contributed by atoms with Crippen molar-refractivity contribution in [1.29, 1.82) is 0 Å². The Bertz CT molecular complexity index is 283. The number of nitrogens with zero attached hydrogens (tertiary/aromatic N) is 1. The quantitative estimate of drug-likeness (QED) is 0.781. The van der Waals surface area contributed by atoms with Crippen LogP contribution in [0.5, 0.6) is 0 Å². The second kappa shape index (κ2) is 6.02. The van der Waals surface area contributed by atoms with Gasteiger partial charge < -0.3 is 16.4 Å². The molecule has 4 N–H and O–H groups in total. The van der Waals surface area contributed by atoms with Crippen LogP contribution in [0.3, 0.4) is 0 Å². The summed E-state index contributed by atoms with van der Waals surface area (Å²) < 4.78 is 0. The van der Waals surface area contributed by atoms with E-state index in [0.29, 0.717) is 12.5 Å². The van der Waals surface area contributed by atoms with Crippen molar-refractivity contribution in [3.05, 3.63) is 0 Å². The molecule has 1 aliphatic carbocycles. The molecule has 4 nitrogen and oxygen atoms in total. The maximum atomic E-state index is 11.3. The minimum atomic E-state index is -0.907. The molecule has 1 amide bonds. The van der Waals surface area contributed by atoms with Crippen molar-refractivity contribution in [3.8, 4) is 0 Å². The van der Waals surface area contributed by atoms with E-state index >= 15 is 0 Å². The van der Waals surface area contributed by atoms with Crippen molar-refractivity contribution < 1.29 is 4.79 Å². The van der Waals surface area contributed by atoms with Crippen LogP contribution in [-0.2, 0) is 4.79 Å². The first-order valence-corrected chi connectivity index (χ1v) is 7.04. The number of primary amides is 1. The van der Waals surface area contributed by atoms with Crippen LogP contribution in [0.4, 0.5) is 0 Å². The van der Waals surface area contributed by atoms with Crippen LogP contribution >= 0.6 is 0 Å². The fourth-order valence-electron chi connectivity index (χ4n) is 2.87. The fourth-order valence-corrected chi connectivity index (χ4v) is 2.87. The number of amides is 1. The molecule has 106 valence electrons. The van der Waals surface area contributed by atoms with Gasteiger partial charge in [0, 0.05) is 12.1 Å². The standard InChI is InChI=1S/C14H29N3O/c1-10-5-7-12(8-6-10)17(4)11(2)9-14(3,16)13(15)18/h10-12H,5-9,16H2,1-4H3,(H2,15,18). The summed E-state index contributed by atoms with van der Waals surface area (Å²) in [5.41, 5.74) is 10.4. The number of carbonyl (C=O) groups is 1. The molecule has 0 bridgehead atoms. The van der Waals surface area contributed by atoms with Gasteiger partial charge in [0.2, 0.25) is 5.91 Å². The zero-order valence-corrected chi connectivity index (χ0v) is 12.3. The Labute approximate surface area is 111 Å². The molecule has 4 heteroatoms. The van der Waals surface area contributed by atoms with Crippen LogP contribution in [0, 0.1) is 5.92 Å². The van der Waals surface area contributed by atoms with Crippen molar-refractivity contribution in [1.82, 2.24) is 4.90 Å². The van der Waals surface area contributed by atoms with Gasteiger partial charge in [0.15, 0.2) is 0 Å². The van der Waals surface area contributed by atoms with E-state index in [-0.39, 0.29) is 6.04 Å². The molecule has 1 rings (SSSR count). The smallest absolute Gasteiger partial charge is 0.237 e. The molecule has 0 aromatic rings. The van der Waals surface area contributed by atoms with Gasteiger partial charge >= 0.3 is 0 Å². The highest BCUT2D eigenvalue weighted by molar-refractivity contribution is 5.83. The van der Waals surface area contributed by atoms with Crippen LogP contribution in [-0.4, -0.2) is 35.5 Å². The highest BCUT2D eigenvalue weighted by Gasteiger charge is 2.32. The second-order valence-electron chi connectivity index (χ2n) is 6.41. The third kappa shape index (κ3) is 3.95. The van der Waals surface area contributed by atoms with Crippen LogP contribution in [0.2, 0.25) is 0 Å². The van der Waals surface area contributed by atoms with E-state index in [2.05, 4.69) is 25.8 Å². The molecular weight excluding hydrogens is 226 g/mol. The lowest BCUT2D eigenvalue weighted by Gasteiger charge is -2.39. The van der Waals surface area contributed by atoms with E-state index in [0.717, 1.165) is 5.92 Å². The molecular formula is C14H29N3O. The molecule has 0 aromatic carbocycles. The minimum absolute atomic E-state index is 0.283. The summed E-state index contributed by atoms with van der Waals surface area (Å²) in [6.45, 7) is 6.18. The van der Waals surface area contributed by atoms with Crippen LogP contribution in [0.15, 0.2) is 0 Å². The maximum absolute atomic E-state index is 11.3. The molecule has 0 saturated heterocycles. The van der Waals surface area contributed by atoms with E-state index < -0.39 is 11.4 Å². The van der Waals surface area contributed by atoms with Gasteiger partial charge in [0.1, 0.15) is 0 Å². The molecule has 1 saturated carbocycles. The van der Waals surface area contributed by atoms with Gasteiger partial charge in [-0.3, -0.25) is 4.79 Å². The number of rotatable bonds is 5. The Morgan fingerprint density at radius 1 is 1.39 bits per heavy atom. The Morgan fingerprint density at radius 3 is 2.33 bits per heavy atom. The molecule has 0 aliphatic heterocycles. The summed E-state index contributed by atoms with van der Waals surface area (Å²) in [5.74, 6) is 0.440. The first kappa shape index (κ1) is 15.4.